The highest BCUT2D eigenvalue weighted by Gasteiger charge is 2.36. The molecule has 0 radical (unpaired) electrons. The van der Waals surface area contributed by atoms with Crippen LogP contribution in [0.2, 0.25) is 0 Å². The Morgan fingerprint density at radius 3 is 2.79 bits per heavy atom. The summed E-state index contributed by atoms with van der Waals surface area (Å²) in [6.45, 7) is 4.70. The summed E-state index contributed by atoms with van der Waals surface area (Å²) in [5, 5.41) is 8.80. The number of nitrogens with zero attached hydrogens (tertiary/aromatic N) is 6. The van der Waals surface area contributed by atoms with Crippen LogP contribution in [0.3, 0.4) is 0 Å². The number of aryl methyl sites for hydroxylation is 1. The van der Waals surface area contributed by atoms with Crippen LogP contribution in [0.1, 0.15) is 37.8 Å². The molecule has 0 N–H and O–H groups in total. The number of benzene rings is 1. The Labute approximate surface area is 167 Å². The average Bonchev–Trinajstić information content (AvgIpc) is 3.37. The molecule has 0 bridgehead atoms. The molecule has 2 aromatic heterocycles. The molecule has 1 unspecified atom stereocenters. The van der Waals surface area contributed by atoms with E-state index >= 15 is 0 Å². The molecule has 1 atom stereocenters. The van der Waals surface area contributed by atoms with Gasteiger partial charge in [-0.05, 0) is 26.0 Å². The third-order valence-electron chi connectivity index (χ3n) is 5.00. The van der Waals surface area contributed by atoms with E-state index in [-0.39, 0.29) is 30.3 Å². The van der Waals surface area contributed by atoms with Crippen molar-refractivity contribution in [2.75, 3.05) is 6.54 Å². The Balaban J connectivity index is 1.63. The van der Waals surface area contributed by atoms with Gasteiger partial charge >= 0.3 is 0 Å². The molecule has 8 nitrogen and oxygen atoms in total. The lowest BCUT2D eigenvalue weighted by atomic mass is 10.1. The molecule has 29 heavy (non-hydrogen) atoms. The van der Waals surface area contributed by atoms with Crippen molar-refractivity contribution in [3.05, 3.63) is 54.0 Å². The summed E-state index contributed by atoms with van der Waals surface area (Å²) < 4.78 is 22.4. The van der Waals surface area contributed by atoms with Crippen LogP contribution in [0.5, 0.6) is 5.75 Å². The number of hydrogen-bond acceptors (Lipinski definition) is 5. The minimum absolute atomic E-state index is 0.0739. The number of hydrogen-bond donors (Lipinski definition) is 0. The van der Waals surface area contributed by atoms with E-state index in [4.69, 9.17) is 4.74 Å². The smallest absolute Gasteiger partial charge is 0.223 e. The molecule has 0 saturated carbocycles. The Bertz CT molecular complexity index is 1030. The fourth-order valence-corrected chi connectivity index (χ4v) is 3.55. The van der Waals surface area contributed by atoms with Crippen LogP contribution in [-0.2, 0) is 18.4 Å². The number of carbonyl (C=O) groups excluding carboxylic acids is 1. The summed E-state index contributed by atoms with van der Waals surface area (Å²) in [6.07, 6.45) is 2.07. The van der Waals surface area contributed by atoms with E-state index < -0.39 is 0 Å². The molecule has 1 saturated heterocycles. The van der Waals surface area contributed by atoms with E-state index in [0.29, 0.717) is 30.4 Å². The van der Waals surface area contributed by atoms with E-state index in [1.807, 2.05) is 31.9 Å². The summed E-state index contributed by atoms with van der Waals surface area (Å²) in [5.74, 6) is 1.99. The lowest BCUT2D eigenvalue weighted by molar-refractivity contribution is -0.129. The highest BCUT2D eigenvalue weighted by Crippen LogP contribution is 2.30. The second kappa shape index (κ2) is 7.65. The molecular weight excluding hydrogens is 375 g/mol. The summed E-state index contributed by atoms with van der Waals surface area (Å²) in [7, 11) is 1.82. The summed E-state index contributed by atoms with van der Waals surface area (Å²) in [5.41, 5.74) is 0. The zero-order valence-corrected chi connectivity index (χ0v) is 16.6. The first-order chi connectivity index (χ1) is 13.9. The van der Waals surface area contributed by atoms with E-state index in [2.05, 4.69) is 15.2 Å². The molecule has 0 aliphatic carbocycles. The second-order valence-corrected chi connectivity index (χ2v) is 7.40. The van der Waals surface area contributed by atoms with Gasteiger partial charge < -0.3 is 9.64 Å². The van der Waals surface area contributed by atoms with Crippen molar-refractivity contribution in [2.45, 2.75) is 38.8 Å². The fraction of sp³-hybridized carbons (Fsp3) is 0.400. The number of aromatic nitrogens is 5. The van der Waals surface area contributed by atoms with Gasteiger partial charge in [-0.25, -0.2) is 9.37 Å². The van der Waals surface area contributed by atoms with Crippen LogP contribution in [0, 0.1) is 5.82 Å². The van der Waals surface area contributed by atoms with Crippen molar-refractivity contribution in [1.29, 1.82) is 0 Å². The maximum Gasteiger partial charge on any atom is 0.223 e. The first-order valence-corrected chi connectivity index (χ1v) is 9.54. The lowest BCUT2D eigenvalue weighted by Crippen LogP contribution is -2.32. The molecule has 1 fully saturated rings. The monoisotopic (exact) mass is 398 g/mol. The Morgan fingerprint density at radius 1 is 1.31 bits per heavy atom. The van der Waals surface area contributed by atoms with Crippen molar-refractivity contribution in [3.63, 3.8) is 0 Å². The maximum absolute atomic E-state index is 13.4. The number of amides is 1. The number of rotatable bonds is 6. The maximum atomic E-state index is 13.4. The summed E-state index contributed by atoms with van der Waals surface area (Å²) in [6, 6.07) is 7.91. The molecule has 4 rings (SSSR count). The van der Waals surface area contributed by atoms with Gasteiger partial charge in [0.05, 0.1) is 6.20 Å². The van der Waals surface area contributed by atoms with Crippen molar-refractivity contribution >= 4 is 5.91 Å². The molecule has 3 heterocycles. The van der Waals surface area contributed by atoms with E-state index in [1.165, 1.54) is 12.1 Å². The fourth-order valence-electron chi connectivity index (χ4n) is 3.55. The normalized spacial score (nSPS) is 16.8. The van der Waals surface area contributed by atoms with Crippen LogP contribution in [0.25, 0.3) is 5.82 Å². The third-order valence-corrected chi connectivity index (χ3v) is 5.00. The molecule has 1 aliphatic heterocycles. The Kier molecular flexibility index (Phi) is 5.04. The van der Waals surface area contributed by atoms with Crippen LogP contribution in [0.15, 0.2) is 36.5 Å². The highest BCUT2D eigenvalue weighted by atomic mass is 19.1. The average molecular weight is 398 g/mol. The van der Waals surface area contributed by atoms with Gasteiger partial charge in [-0.1, -0.05) is 6.07 Å². The predicted molar refractivity (Wildman–Crippen MR) is 103 cm³/mol. The highest BCUT2D eigenvalue weighted by molar-refractivity contribution is 5.79. The first-order valence-electron chi connectivity index (χ1n) is 9.54. The van der Waals surface area contributed by atoms with Gasteiger partial charge in [-0.15, -0.1) is 5.10 Å². The van der Waals surface area contributed by atoms with E-state index in [0.717, 1.165) is 5.82 Å². The van der Waals surface area contributed by atoms with Gasteiger partial charge in [0.1, 0.15) is 24.0 Å². The summed E-state index contributed by atoms with van der Waals surface area (Å²) in [4.78, 5) is 18.9. The quantitative estimate of drug-likeness (QED) is 0.637. The van der Waals surface area contributed by atoms with Crippen molar-refractivity contribution in [2.24, 2.45) is 7.05 Å². The van der Waals surface area contributed by atoms with Gasteiger partial charge in [0.15, 0.2) is 11.6 Å². The predicted octanol–water partition coefficient (Wildman–Crippen LogP) is 2.44. The topological polar surface area (TPSA) is 78.1 Å². The minimum Gasteiger partial charge on any atom is -0.485 e. The standard InChI is InChI=1S/C20H23FN6O2/c1-13(2)26-11-14(9-19(26)28)20-23-17(12-29-16-6-4-5-15(21)10-16)24-27(20)18-7-8-22-25(18)3/h4-8,10,13-14H,9,11-12H2,1-3H3. The number of carbonyl (C=O) groups is 1. The largest absolute Gasteiger partial charge is 0.485 e. The van der Waals surface area contributed by atoms with Crippen molar-refractivity contribution in [3.8, 4) is 11.6 Å². The summed E-state index contributed by atoms with van der Waals surface area (Å²) >= 11 is 0. The van der Waals surface area contributed by atoms with Gasteiger partial charge in [-0.2, -0.15) is 9.78 Å². The van der Waals surface area contributed by atoms with Crippen LogP contribution < -0.4 is 4.74 Å². The van der Waals surface area contributed by atoms with Crippen molar-refractivity contribution < 1.29 is 13.9 Å². The molecule has 9 heteroatoms. The van der Waals surface area contributed by atoms with Gasteiger partial charge in [-0.3, -0.25) is 9.48 Å². The molecule has 1 aromatic carbocycles. The number of likely N-dealkylation sites (tertiary alicyclic amines) is 1. The second-order valence-electron chi connectivity index (χ2n) is 7.40. The number of halogens is 1. The number of ether oxygens (including phenoxy) is 1. The molecule has 0 spiro atoms. The van der Waals surface area contributed by atoms with Crippen LogP contribution >= 0.6 is 0 Å². The third kappa shape index (κ3) is 3.85. The molecule has 1 aliphatic rings. The first kappa shape index (κ1) is 19.1. The zero-order valence-electron chi connectivity index (χ0n) is 16.6. The molecule has 1 amide bonds. The molecular formula is C20H23FN6O2. The van der Waals surface area contributed by atoms with Crippen molar-refractivity contribution in [1.82, 2.24) is 29.4 Å². The zero-order chi connectivity index (χ0) is 20.5. The van der Waals surface area contributed by atoms with Gasteiger partial charge in [0, 0.05) is 44.1 Å². The minimum atomic E-state index is -0.366. The Morgan fingerprint density at radius 2 is 2.14 bits per heavy atom. The van der Waals surface area contributed by atoms with E-state index in [1.54, 1.807) is 27.7 Å². The van der Waals surface area contributed by atoms with Crippen LogP contribution in [-0.4, -0.2) is 47.9 Å². The Hall–Kier alpha value is -3.23. The SMILES string of the molecule is CC(C)N1CC(c2nc(COc3cccc(F)c3)nn2-c2ccnn2C)CC1=O. The lowest BCUT2D eigenvalue weighted by Gasteiger charge is -2.20. The molecule has 152 valence electrons. The van der Waals surface area contributed by atoms with Gasteiger partial charge in [0.2, 0.25) is 5.91 Å². The molecule has 3 aromatic rings. The van der Waals surface area contributed by atoms with E-state index in [9.17, 15) is 9.18 Å². The van der Waals surface area contributed by atoms with Gasteiger partial charge in [0.25, 0.3) is 0 Å². The van der Waals surface area contributed by atoms with Crippen LogP contribution in [0.4, 0.5) is 4.39 Å².